The molecule has 2 unspecified atom stereocenters. The number of amides is 2. The van der Waals surface area contributed by atoms with Crippen LogP contribution in [0.1, 0.15) is 52.4 Å². The van der Waals surface area contributed by atoms with E-state index >= 15 is 0 Å². The zero-order valence-electron chi connectivity index (χ0n) is 11.8. The van der Waals surface area contributed by atoms with Crippen molar-refractivity contribution >= 4 is 6.03 Å². The Balaban J connectivity index is 2.30. The zero-order valence-corrected chi connectivity index (χ0v) is 11.8. The molecule has 0 aromatic heterocycles. The highest BCUT2D eigenvalue weighted by molar-refractivity contribution is 5.74. The van der Waals surface area contributed by atoms with Crippen molar-refractivity contribution in [3.8, 4) is 0 Å². The molecule has 2 N–H and O–H groups in total. The molecule has 0 aromatic rings. The Morgan fingerprint density at radius 2 is 2.28 bits per heavy atom. The topological polar surface area (TPSA) is 52.6 Å². The van der Waals surface area contributed by atoms with Crippen LogP contribution in [0.3, 0.4) is 0 Å². The van der Waals surface area contributed by atoms with Gasteiger partial charge in [0, 0.05) is 13.1 Å². The summed E-state index contributed by atoms with van der Waals surface area (Å²) in [5.74, 6) is 0.587. The first-order valence-corrected chi connectivity index (χ1v) is 7.38. The van der Waals surface area contributed by atoms with Gasteiger partial charge in [-0.3, -0.25) is 0 Å². The van der Waals surface area contributed by atoms with E-state index in [4.69, 9.17) is 0 Å². The van der Waals surface area contributed by atoms with E-state index in [0.29, 0.717) is 5.92 Å². The van der Waals surface area contributed by atoms with Gasteiger partial charge < -0.3 is 15.3 Å². The van der Waals surface area contributed by atoms with E-state index < -0.39 is 0 Å². The minimum Gasteiger partial charge on any atom is -0.394 e. The van der Waals surface area contributed by atoms with E-state index in [1.807, 2.05) is 0 Å². The van der Waals surface area contributed by atoms with Crippen molar-refractivity contribution in [2.75, 3.05) is 19.7 Å². The summed E-state index contributed by atoms with van der Waals surface area (Å²) < 4.78 is 0. The maximum atomic E-state index is 12.0. The highest BCUT2D eigenvalue weighted by Gasteiger charge is 2.27. The number of aliphatic hydroxyl groups is 1. The fourth-order valence-electron chi connectivity index (χ4n) is 2.57. The van der Waals surface area contributed by atoms with Crippen LogP contribution in [0.15, 0.2) is 0 Å². The van der Waals surface area contributed by atoms with Crippen molar-refractivity contribution in [2.45, 2.75) is 58.4 Å². The molecule has 106 valence electrons. The molecule has 0 saturated carbocycles. The Labute approximate surface area is 111 Å². The zero-order chi connectivity index (χ0) is 13.4. The molecule has 2 atom stereocenters. The molecule has 1 heterocycles. The Kier molecular flexibility index (Phi) is 7.09. The first-order valence-electron chi connectivity index (χ1n) is 7.38. The van der Waals surface area contributed by atoms with Gasteiger partial charge in [0.1, 0.15) is 0 Å². The Morgan fingerprint density at radius 1 is 1.50 bits per heavy atom. The van der Waals surface area contributed by atoms with Crippen molar-refractivity contribution in [1.29, 1.82) is 0 Å². The summed E-state index contributed by atoms with van der Waals surface area (Å²) in [6, 6.07) is 0.0298. The van der Waals surface area contributed by atoms with Crippen LogP contribution in [0.25, 0.3) is 0 Å². The van der Waals surface area contributed by atoms with Crippen LogP contribution < -0.4 is 5.32 Å². The van der Waals surface area contributed by atoms with Crippen molar-refractivity contribution in [2.24, 2.45) is 5.92 Å². The highest BCUT2D eigenvalue weighted by atomic mass is 16.3. The third-order valence-corrected chi connectivity index (χ3v) is 3.93. The molecule has 4 nitrogen and oxygen atoms in total. The number of nitrogens with zero attached hydrogens (tertiary/aromatic N) is 1. The van der Waals surface area contributed by atoms with Crippen molar-refractivity contribution in [3.05, 3.63) is 0 Å². The average molecular weight is 256 g/mol. The van der Waals surface area contributed by atoms with Crippen LogP contribution in [0.5, 0.6) is 0 Å². The van der Waals surface area contributed by atoms with Crippen LogP contribution in [-0.4, -0.2) is 41.8 Å². The summed E-state index contributed by atoms with van der Waals surface area (Å²) in [6.07, 6.45) is 6.68. The van der Waals surface area contributed by atoms with E-state index in [0.717, 1.165) is 32.4 Å². The van der Waals surface area contributed by atoms with Crippen LogP contribution in [0.4, 0.5) is 4.79 Å². The summed E-state index contributed by atoms with van der Waals surface area (Å²) in [4.78, 5) is 13.8. The first-order chi connectivity index (χ1) is 8.72. The number of rotatable bonds is 7. The standard InChI is InChI=1S/C14H28N2O2/c1-3-5-7-12(4-2)10-15-14(18)16-9-6-8-13(16)11-17/h12-13,17H,3-11H2,1-2H3,(H,15,18). The van der Waals surface area contributed by atoms with E-state index in [1.165, 1.54) is 19.3 Å². The van der Waals surface area contributed by atoms with Gasteiger partial charge in [0.25, 0.3) is 0 Å². The molecule has 0 radical (unpaired) electrons. The van der Waals surface area contributed by atoms with Gasteiger partial charge >= 0.3 is 6.03 Å². The number of nitrogens with one attached hydrogen (secondary N) is 1. The maximum absolute atomic E-state index is 12.0. The van der Waals surface area contributed by atoms with E-state index in [-0.39, 0.29) is 18.7 Å². The first kappa shape index (κ1) is 15.3. The van der Waals surface area contributed by atoms with Crippen LogP contribution >= 0.6 is 0 Å². The van der Waals surface area contributed by atoms with Gasteiger partial charge in [-0.1, -0.05) is 33.1 Å². The van der Waals surface area contributed by atoms with Gasteiger partial charge in [0.2, 0.25) is 0 Å². The summed E-state index contributed by atoms with van der Waals surface area (Å²) in [7, 11) is 0. The highest BCUT2D eigenvalue weighted by Crippen LogP contribution is 2.17. The van der Waals surface area contributed by atoms with Crippen molar-refractivity contribution in [3.63, 3.8) is 0 Å². The molecule has 1 aliphatic rings. The molecule has 0 aliphatic carbocycles. The maximum Gasteiger partial charge on any atom is 0.317 e. The number of urea groups is 1. The minimum atomic E-state index is 0.00139. The number of hydrogen-bond donors (Lipinski definition) is 2. The molecule has 18 heavy (non-hydrogen) atoms. The molecule has 1 aliphatic heterocycles. The number of carbonyl (C=O) groups is 1. The Hall–Kier alpha value is -0.770. The lowest BCUT2D eigenvalue weighted by molar-refractivity contribution is 0.156. The largest absolute Gasteiger partial charge is 0.394 e. The van der Waals surface area contributed by atoms with Crippen molar-refractivity contribution in [1.82, 2.24) is 10.2 Å². The summed E-state index contributed by atoms with van der Waals surface area (Å²) in [5, 5.41) is 12.2. The second-order valence-corrected chi connectivity index (χ2v) is 5.27. The second-order valence-electron chi connectivity index (χ2n) is 5.27. The number of aliphatic hydroxyl groups excluding tert-OH is 1. The van der Waals surface area contributed by atoms with Gasteiger partial charge in [-0.15, -0.1) is 0 Å². The number of carbonyl (C=O) groups excluding carboxylic acids is 1. The van der Waals surface area contributed by atoms with E-state index in [9.17, 15) is 9.90 Å². The third kappa shape index (κ3) is 4.48. The van der Waals surface area contributed by atoms with Gasteiger partial charge in [-0.05, 0) is 25.2 Å². The van der Waals surface area contributed by atoms with Crippen LogP contribution in [-0.2, 0) is 0 Å². The molecular weight excluding hydrogens is 228 g/mol. The Morgan fingerprint density at radius 3 is 2.89 bits per heavy atom. The molecule has 1 saturated heterocycles. The van der Waals surface area contributed by atoms with Crippen LogP contribution in [0, 0.1) is 5.92 Å². The monoisotopic (exact) mass is 256 g/mol. The van der Waals surface area contributed by atoms with Crippen molar-refractivity contribution < 1.29 is 9.90 Å². The lowest BCUT2D eigenvalue weighted by Crippen LogP contribution is -2.45. The van der Waals surface area contributed by atoms with Crippen LogP contribution in [0.2, 0.25) is 0 Å². The van der Waals surface area contributed by atoms with E-state index in [2.05, 4.69) is 19.2 Å². The number of likely N-dealkylation sites (tertiary alicyclic amines) is 1. The van der Waals surface area contributed by atoms with E-state index in [1.54, 1.807) is 4.90 Å². The van der Waals surface area contributed by atoms with Gasteiger partial charge in [0.15, 0.2) is 0 Å². The fourth-order valence-corrected chi connectivity index (χ4v) is 2.57. The molecule has 1 rings (SSSR count). The fraction of sp³-hybridized carbons (Fsp3) is 0.929. The molecule has 0 spiro atoms. The van der Waals surface area contributed by atoms with Gasteiger partial charge in [-0.2, -0.15) is 0 Å². The molecule has 0 bridgehead atoms. The smallest absolute Gasteiger partial charge is 0.317 e. The third-order valence-electron chi connectivity index (χ3n) is 3.93. The quantitative estimate of drug-likeness (QED) is 0.734. The lowest BCUT2D eigenvalue weighted by atomic mass is 9.99. The number of unbranched alkanes of at least 4 members (excludes halogenated alkanes) is 1. The minimum absolute atomic E-state index is 0.00139. The SMILES string of the molecule is CCCCC(CC)CNC(=O)N1CCCC1CO. The molecular formula is C14H28N2O2. The molecule has 4 heteroatoms. The average Bonchev–Trinajstić information content (AvgIpc) is 2.87. The number of hydrogen-bond acceptors (Lipinski definition) is 2. The second kappa shape index (κ2) is 8.35. The summed E-state index contributed by atoms with van der Waals surface area (Å²) >= 11 is 0. The van der Waals surface area contributed by atoms with Gasteiger partial charge in [0.05, 0.1) is 12.6 Å². The Bertz CT molecular complexity index is 246. The van der Waals surface area contributed by atoms with Gasteiger partial charge in [-0.25, -0.2) is 4.79 Å². The normalized spacial score (nSPS) is 21.1. The predicted octanol–water partition coefficient (Wildman–Crippen LogP) is 2.37. The summed E-state index contributed by atoms with van der Waals surface area (Å²) in [5.41, 5.74) is 0. The predicted molar refractivity (Wildman–Crippen MR) is 73.5 cm³/mol. The lowest BCUT2D eigenvalue weighted by Gasteiger charge is -2.24. The molecule has 2 amide bonds. The molecule has 1 fully saturated rings. The summed E-state index contributed by atoms with van der Waals surface area (Å²) in [6.45, 7) is 6.01. The molecule has 0 aromatic carbocycles.